The molecule has 0 aliphatic carbocycles. The lowest BCUT2D eigenvalue weighted by molar-refractivity contribution is 0.104. The van der Waals surface area contributed by atoms with Crippen LogP contribution in [-0.4, -0.2) is 25.1 Å². The monoisotopic (exact) mass is 318 g/mol. The number of ketones is 1. The van der Waals surface area contributed by atoms with Crippen LogP contribution in [0.3, 0.4) is 0 Å². The molecule has 1 N–H and O–H groups in total. The van der Waals surface area contributed by atoms with E-state index in [9.17, 15) is 9.90 Å². The van der Waals surface area contributed by atoms with E-state index >= 15 is 0 Å². The standard InChI is InChI=1S/C17H18O4S/c1-10-15(19)14(17(21-4)11(2)16(10)20-3)13(18)6-5-12-7-8-22-9-12/h5-9,19H,1-4H3/b6-5+. The number of allylic oxidation sites excluding steroid dienone is 1. The first-order valence-electron chi connectivity index (χ1n) is 6.70. The predicted molar refractivity (Wildman–Crippen MR) is 88.4 cm³/mol. The minimum Gasteiger partial charge on any atom is -0.507 e. The Balaban J connectivity index is 2.52. The molecule has 0 fully saturated rings. The van der Waals surface area contributed by atoms with Crippen LogP contribution in [0.4, 0.5) is 0 Å². The molecule has 22 heavy (non-hydrogen) atoms. The Morgan fingerprint density at radius 1 is 1.18 bits per heavy atom. The van der Waals surface area contributed by atoms with Gasteiger partial charge in [-0.1, -0.05) is 6.08 Å². The van der Waals surface area contributed by atoms with Gasteiger partial charge in [0, 0.05) is 11.1 Å². The molecule has 0 radical (unpaired) electrons. The van der Waals surface area contributed by atoms with Crippen molar-refractivity contribution in [1.82, 2.24) is 0 Å². The first-order chi connectivity index (χ1) is 10.5. The Morgan fingerprint density at radius 3 is 2.41 bits per heavy atom. The number of benzene rings is 1. The van der Waals surface area contributed by atoms with Gasteiger partial charge in [0.1, 0.15) is 22.8 Å². The van der Waals surface area contributed by atoms with E-state index in [1.165, 1.54) is 20.3 Å². The van der Waals surface area contributed by atoms with Gasteiger partial charge in [0.15, 0.2) is 5.78 Å². The van der Waals surface area contributed by atoms with E-state index in [-0.39, 0.29) is 17.1 Å². The molecule has 1 heterocycles. The van der Waals surface area contributed by atoms with Crippen LogP contribution < -0.4 is 9.47 Å². The maximum absolute atomic E-state index is 12.5. The van der Waals surface area contributed by atoms with Crippen molar-refractivity contribution in [3.63, 3.8) is 0 Å². The Morgan fingerprint density at radius 2 is 1.86 bits per heavy atom. The van der Waals surface area contributed by atoms with Gasteiger partial charge in [-0.25, -0.2) is 0 Å². The van der Waals surface area contributed by atoms with Crippen LogP contribution in [0.5, 0.6) is 17.2 Å². The number of phenols is 1. The molecule has 0 aliphatic heterocycles. The highest BCUT2D eigenvalue weighted by molar-refractivity contribution is 7.08. The molecular weight excluding hydrogens is 300 g/mol. The van der Waals surface area contributed by atoms with Crippen LogP contribution in [0.25, 0.3) is 6.08 Å². The molecule has 0 atom stereocenters. The summed E-state index contributed by atoms with van der Waals surface area (Å²) >= 11 is 1.55. The van der Waals surface area contributed by atoms with Crippen LogP contribution in [0.1, 0.15) is 27.0 Å². The summed E-state index contributed by atoms with van der Waals surface area (Å²) in [7, 11) is 2.99. The molecule has 0 saturated carbocycles. The summed E-state index contributed by atoms with van der Waals surface area (Å²) in [6, 6.07) is 1.91. The number of thiophene rings is 1. The van der Waals surface area contributed by atoms with Crippen LogP contribution in [-0.2, 0) is 0 Å². The van der Waals surface area contributed by atoms with Crippen molar-refractivity contribution in [2.45, 2.75) is 13.8 Å². The molecule has 116 valence electrons. The zero-order valence-corrected chi connectivity index (χ0v) is 13.8. The Labute approximate surface area is 133 Å². The molecular formula is C17H18O4S. The number of hydrogen-bond donors (Lipinski definition) is 1. The van der Waals surface area contributed by atoms with Crippen molar-refractivity contribution < 1.29 is 19.4 Å². The minimum absolute atomic E-state index is 0.112. The van der Waals surface area contributed by atoms with Crippen molar-refractivity contribution >= 4 is 23.2 Å². The molecule has 2 rings (SSSR count). The second-order valence-electron chi connectivity index (χ2n) is 4.79. The van der Waals surface area contributed by atoms with Gasteiger partial charge in [-0.15, -0.1) is 0 Å². The zero-order valence-electron chi connectivity index (χ0n) is 13.0. The lowest BCUT2D eigenvalue weighted by Crippen LogP contribution is -2.05. The van der Waals surface area contributed by atoms with Crippen LogP contribution in [0.15, 0.2) is 22.9 Å². The predicted octanol–water partition coefficient (Wildman–Crippen LogP) is 3.98. The number of methoxy groups -OCH3 is 2. The van der Waals surface area contributed by atoms with Gasteiger partial charge in [0.25, 0.3) is 0 Å². The van der Waals surface area contributed by atoms with E-state index in [4.69, 9.17) is 9.47 Å². The van der Waals surface area contributed by atoms with Crippen molar-refractivity contribution in [3.8, 4) is 17.2 Å². The van der Waals surface area contributed by atoms with Gasteiger partial charge >= 0.3 is 0 Å². The second-order valence-corrected chi connectivity index (χ2v) is 5.57. The zero-order chi connectivity index (χ0) is 16.3. The SMILES string of the molecule is COc1c(C)c(O)c(C(=O)/C=C/c2ccsc2)c(OC)c1C. The molecule has 1 aromatic carbocycles. The number of carbonyl (C=O) groups is 1. The molecule has 0 unspecified atom stereocenters. The molecule has 0 spiro atoms. The molecule has 0 aliphatic rings. The van der Waals surface area contributed by atoms with E-state index in [0.29, 0.717) is 22.6 Å². The number of rotatable bonds is 5. The fourth-order valence-electron chi connectivity index (χ4n) is 2.39. The third-order valence-corrected chi connectivity index (χ3v) is 4.17. The Bertz CT molecular complexity index is 715. The largest absolute Gasteiger partial charge is 0.507 e. The highest BCUT2D eigenvalue weighted by Crippen LogP contribution is 2.42. The van der Waals surface area contributed by atoms with Crippen LogP contribution >= 0.6 is 11.3 Å². The minimum atomic E-state index is -0.311. The number of ether oxygens (including phenoxy) is 2. The first kappa shape index (κ1) is 16.1. The maximum atomic E-state index is 12.5. The molecule has 5 heteroatoms. The third-order valence-electron chi connectivity index (χ3n) is 3.47. The summed E-state index contributed by atoms with van der Waals surface area (Å²) in [5, 5.41) is 14.2. The summed E-state index contributed by atoms with van der Waals surface area (Å²) in [5.74, 6) is 0.432. The molecule has 2 aromatic rings. The highest BCUT2D eigenvalue weighted by Gasteiger charge is 2.24. The average molecular weight is 318 g/mol. The van der Waals surface area contributed by atoms with Crippen molar-refractivity contribution in [2.24, 2.45) is 0 Å². The lowest BCUT2D eigenvalue weighted by Gasteiger charge is -2.17. The van der Waals surface area contributed by atoms with Crippen LogP contribution in [0.2, 0.25) is 0 Å². The number of phenolic OH excluding ortho intramolecular Hbond substituents is 1. The Kier molecular flexibility index (Phi) is 4.88. The quantitative estimate of drug-likeness (QED) is 0.669. The van der Waals surface area contributed by atoms with E-state index in [2.05, 4.69) is 0 Å². The fourth-order valence-corrected chi connectivity index (χ4v) is 3.02. The van der Waals surface area contributed by atoms with Crippen molar-refractivity contribution in [2.75, 3.05) is 14.2 Å². The van der Waals surface area contributed by atoms with Crippen LogP contribution in [0, 0.1) is 13.8 Å². The first-order valence-corrected chi connectivity index (χ1v) is 7.64. The van der Waals surface area contributed by atoms with E-state index in [1.807, 2.05) is 16.8 Å². The molecule has 4 nitrogen and oxygen atoms in total. The van der Waals surface area contributed by atoms with E-state index in [1.54, 1.807) is 31.3 Å². The molecule has 0 saturated heterocycles. The van der Waals surface area contributed by atoms with Gasteiger partial charge in [-0.05, 0) is 42.3 Å². The van der Waals surface area contributed by atoms with E-state index < -0.39 is 0 Å². The highest BCUT2D eigenvalue weighted by atomic mass is 32.1. The van der Waals surface area contributed by atoms with E-state index in [0.717, 1.165) is 5.56 Å². The fraction of sp³-hybridized carbons (Fsp3) is 0.235. The topological polar surface area (TPSA) is 55.8 Å². The number of hydrogen-bond acceptors (Lipinski definition) is 5. The third kappa shape index (κ3) is 2.85. The van der Waals surface area contributed by atoms with Gasteiger partial charge in [-0.2, -0.15) is 11.3 Å². The summed E-state index contributed by atoms with van der Waals surface area (Å²) in [6.45, 7) is 3.50. The smallest absolute Gasteiger partial charge is 0.193 e. The normalized spacial score (nSPS) is 10.9. The average Bonchev–Trinajstić information content (AvgIpc) is 3.02. The molecule has 0 bridgehead atoms. The van der Waals surface area contributed by atoms with Crippen molar-refractivity contribution in [3.05, 3.63) is 45.2 Å². The summed E-state index contributed by atoms with van der Waals surface area (Å²) < 4.78 is 10.6. The summed E-state index contributed by atoms with van der Waals surface area (Å²) in [6.07, 6.45) is 3.15. The lowest BCUT2D eigenvalue weighted by atomic mass is 9.98. The maximum Gasteiger partial charge on any atom is 0.193 e. The number of aromatic hydroxyl groups is 1. The molecule has 1 aromatic heterocycles. The number of carbonyl (C=O) groups excluding carboxylic acids is 1. The van der Waals surface area contributed by atoms with Gasteiger partial charge < -0.3 is 14.6 Å². The van der Waals surface area contributed by atoms with Gasteiger partial charge in [0.2, 0.25) is 0 Å². The molecule has 0 amide bonds. The van der Waals surface area contributed by atoms with Gasteiger partial charge in [0.05, 0.1) is 14.2 Å². The summed E-state index contributed by atoms with van der Waals surface area (Å²) in [4.78, 5) is 12.5. The van der Waals surface area contributed by atoms with Gasteiger partial charge in [-0.3, -0.25) is 4.79 Å². The Hall–Kier alpha value is -2.27. The second kappa shape index (κ2) is 6.66. The van der Waals surface area contributed by atoms with Crippen molar-refractivity contribution in [1.29, 1.82) is 0 Å². The summed E-state index contributed by atoms with van der Waals surface area (Å²) in [5.41, 5.74) is 2.31.